The third kappa shape index (κ3) is 3.85. The van der Waals surface area contributed by atoms with E-state index in [1.165, 1.54) is 12.8 Å². The number of ether oxygens (including phenoxy) is 1. The molecule has 0 saturated heterocycles. The van der Waals surface area contributed by atoms with Crippen LogP contribution in [0.5, 0.6) is 11.5 Å². The highest BCUT2D eigenvalue weighted by molar-refractivity contribution is 5.93. The average molecular weight is 400 g/mol. The average Bonchev–Trinajstić information content (AvgIpc) is 3.34. The van der Waals surface area contributed by atoms with E-state index in [1.54, 1.807) is 10.8 Å². The Morgan fingerprint density at radius 2 is 2.03 bits per heavy atom. The first-order chi connectivity index (χ1) is 14.7. The molecule has 1 saturated carbocycles. The summed E-state index contributed by atoms with van der Waals surface area (Å²) in [5.74, 6) is 2.11. The largest absolute Gasteiger partial charge is 0.457 e. The molecule has 6 heteroatoms. The van der Waals surface area contributed by atoms with Crippen molar-refractivity contribution in [3.63, 3.8) is 0 Å². The fourth-order valence-corrected chi connectivity index (χ4v) is 3.76. The zero-order chi connectivity index (χ0) is 20.5. The first-order valence-electron chi connectivity index (χ1n) is 10.5. The van der Waals surface area contributed by atoms with Gasteiger partial charge in [0.15, 0.2) is 0 Å². The van der Waals surface area contributed by atoms with E-state index in [0.717, 1.165) is 52.3 Å². The molecule has 1 N–H and O–H groups in total. The third-order valence-electron chi connectivity index (χ3n) is 5.45. The normalized spacial score (nSPS) is 13.6. The summed E-state index contributed by atoms with van der Waals surface area (Å²) in [5, 5.41) is 8.31. The number of aromatic nitrogens is 4. The Kier molecular flexibility index (Phi) is 4.83. The highest BCUT2D eigenvalue weighted by Gasteiger charge is 2.26. The molecule has 3 heterocycles. The number of carbonyl (C=O) groups is 1. The zero-order valence-corrected chi connectivity index (χ0v) is 17.0. The molecule has 0 atom stereocenters. The molecule has 0 aliphatic heterocycles. The summed E-state index contributed by atoms with van der Waals surface area (Å²) in [5.41, 5.74) is 3.84. The van der Waals surface area contributed by atoms with Gasteiger partial charge in [0, 0.05) is 41.2 Å². The van der Waals surface area contributed by atoms with Crippen LogP contribution in [-0.4, -0.2) is 25.7 Å². The van der Waals surface area contributed by atoms with Gasteiger partial charge in [0.1, 0.15) is 11.5 Å². The van der Waals surface area contributed by atoms with Gasteiger partial charge >= 0.3 is 0 Å². The minimum atomic E-state index is 0.0167. The maximum Gasteiger partial charge on any atom is 0.237 e. The van der Waals surface area contributed by atoms with Crippen molar-refractivity contribution in [1.82, 2.24) is 19.7 Å². The van der Waals surface area contributed by atoms with E-state index >= 15 is 0 Å². The zero-order valence-electron chi connectivity index (χ0n) is 17.0. The standard InChI is InChI=1S/C24H24N4O2/c1-2-3-18-13-21(8-10-25-18)30-20-6-7-23-17(12-20)9-11-28(23)24(29)15-19-14-22(27-26-19)16-4-5-16/h6-14,16H,2-5,15H2,1H3,(H,26,27). The van der Waals surface area contributed by atoms with Gasteiger partial charge in [-0.05, 0) is 55.7 Å². The van der Waals surface area contributed by atoms with Crippen LogP contribution in [0, 0.1) is 0 Å². The molecule has 1 aromatic carbocycles. The summed E-state index contributed by atoms with van der Waals surface area (Å²) in [6, 6.07) is 13.6. The Bertz CT molecular complexity index is 1200. The summed E-state index contributed by atoms with van der Waals surface area (Å²) in [7, 11) is 0. The molecule has 152 valence electrons. The second-order valence-corrected chi connectivity index (χ2v) is 7.90. The Balaban J connectivity index is 1.32. The topological polar surface area (TPSA) is 72.8 Å². The van der Waals surface area contributed by atoms with Crippen molar-refractivity contribution in [2.24, 2.45) is 0 Å². The van der Waals surface area contributed by atoms with Gasteiger partial charge in [0.25, 0.3) is 0 Å². The molecule has 30 heavy (non-hydrogen) atoms. The first kappa shape index (κ1) is 18.6. The highest BCUT2D eigenvalue weighted by atomic mass is 16.5. The number of nitrogens with one attached hydrogen (secondary N) is 1. The van der Waals surface area contributed by atoms with E-state index < -0.39 is 0 Å². The van der Waals surface area contributed by atoms with Crippen LogP contribution in [0.4, 0.5) is 0 Å². The molecular formula is C24H24N4O2. The summed E-state index contributed by atoms with van der Waals surface area (Å²) >= 11 is 0. The number of pyridine rings is 1. The molecule has 3 aromatic heterocycles. The highest BCUT2D eigenvalue weighted by Crippen LogP contribution is 2.39. The summed E-state index contributed by atoms with van der Waals surface area (Å²) < 4.78 is 7.72. The number of carbonyl (C=O) groups excluding carboxylic acids is 1. The van der Waals surface area contributed by atoms with Crippen molar-refractivity contribution in [3.8, 4) is 11.5 Å². The van der Waals surface area contributed by atoms with E-state index in [-0.39, 0.29) is 5.91 Å². The van der Waals surface area contributed by atoms with Gasteiger partial charge in [-0.15, -0.1) is 0 Å². The van der Waals surface area contributed by atoms with Crippen LogP contribution in [-0.2, 0) is 12.8 Å². The molecule has 1 aliphatic carbocycles. The molecule has 0 spiro atoms. The predicted octanol–water partition coefficient (Wildman–Crippen LogP) is 5.26. The van der Waals surface area contributed by atoms with Crippen molar-refractivity contribution < 1.29 is 9.53 Å². The van der Waals surface area contributed by atoms with E-state index in [0.29, 0.717) is 12.3 Å². The minimum Gasteiger partial charge on any atom is -0.457 e. The monoisotopic (exact) mass is 400 g/mol. The first-order valence-corrected chi connectivity index (χ1v) is 10.5. The fraction of sp³-hybridized carbons (Fsp3) is 0.292. The van der Waals surface area contributed by atoms with Gasteiger partial charge < -0.3 is 4.74 Å². The molecule has 4 aromatic rings. The molecule has 1 fully saturated rings. The van der Waals surface area contributed by atoms with E-state index in [4.69, 9.17) is 4.74 Å². The number of fused-ring (bicyclic) bond motifs is 1. The number of nitrogens with zero attached hydrogens (tertiary/aromatic N) is 3. The number of aryl methyl sites for hydroxylation is 1. The molecular weight excluding hydrogens is 376 g/mol. The number of benzene rings is 1. The third-order valence-corrected chi connectivity index (χ3v) is 5.45. The van der Waals surface area contributed by atoms with Crippen LogP contribution in [0.15, 0.2) is 54.9 Å². The lowest BCUT2D eigenvalue weighted by Crippen LogP contribution is -2.12. The van der Waals surface area contributed by atoms with Gasteiger partial charge in [-0.25, -0.2) is 0 Å². The van der Waals surface area contributed by atoms with Gasteiger partial charge in [0.2, 0.25) is 5.91 Å². The second kappa shape index (κ2) is 7.78. The lowest BCUT2D eigenvalue weighted by atomic mass is 10.2. The van der Waals surface area contributed by atoms with Crippen LogP contribution in [0.3, 0.4) is 0 Å². The van der Waals surface area contributed by atoms with Gasteiger partial charge in [-0.1, -0.05) is 13.3 Å². The smallest absolute Gasteiger partial charge is 0.237 e. The second-order valence-electron chi connectivity index (χ2n) is 7.90. The molecule has 6 nitrogen and oxygen atoms in total. The van der Waals surface area contributed by atoms with Crippen LogP contribution >= 0.6 is 0 Å². The molecule has 0 amide bonds. The number of H-pyrrole nitrogens is 1. The molecule has 0 bridgehead atoms. The number of hydrogen-bond acceptors (Lipinski definition) is 4. The van der Waals surface area contributed by atoms with Gasteiger partial charge in [-0.2, -0.15) is 5.10 Å². The minimum absolute atomic E-state index is 0.0167. The van der Waals surface area contributed by atoms with Gasteiger partial charge in [-0.3, -0.25) is 19.4 Å². The quantitative estimate of drug-likeness (QED) is 0.459. The number of aromatic amines is 1. The predicted molar refractivity (Wildman–Crippen MR) is 115 cm³/mol. The molecule has 0 radical (unpaired) electrons. The van der Waals surface area contributed by atoms with Crippen LogP contribution in [0.2, 0.25) is 0 Å². The van der Waals surface area contributed by atoms with Crippen molar-refractivity contribution in [2.75, 3.05) is 0 Å². The molecule has 1 aliphatic rings. The van der Waals surface area contributed by atoms with Gasteiger partial charge in [0.05, 0.1) is 17.6 Å². The van der Waals surface area contributed by atoms with Crippen molar-refractivity contribution in [1.29, 1.82) is 0 Å². The lowest BCUT2D eigenvalue weighted by molar-refractivity contribution is 0.0918. The van der Waals surface area contributed by atoms with E-state index in [2.05, 4.69) is 22.1 Å². The molecule has 0 unspecified atom stereocenters. The Morgan fingerprint density at radius 1 is 1.17 bits per heavy atom. The molecule has 5 rings (SSSR count). The Hall–Kier alpha value is -3.41. The summed E-state index contributed by atoms with van der Waals surface area (Å²) in [6.07, 6.45) is 8.27. The Morgan fingerprint density at radius 3 is 2.87 bits per heavy atom. The fourth-order valence-electron chi connectivity index (χ4n) is 3.76. The Labute approximate surface area is 174 Å². The summed E-state index contributed by atoms with van der Waals surface area (Å²) in [4.78, 5) is 17.2. The van der Waals surface area contributed by atoms with Crippen molar-refractivity contribution in [2.45, 2.75) is 44.9 Å². The van der Waals surface area contributed by atoms with Crippen molar-refractivity contribution in [3.05, 3.63) is 71.9 Å². The number of hydrogen-bond donors (Lipinski definition) is 1. The number of rotatable bonds is 7. The van der Waals surface area contributed by atoms with E-state index in [1.807, 2.05) is 48.7 Å². The van der Waals surface area contributed by atoms with Crippen LogP contribution in [0.25, 0.3) is 10.9 Å². The summed E-state index contributed by atoms with van der Waals surface area (Å²) in [6.45, 7) is 2.13. The van der Waals surface area contributed by atoms with Crippen LogP contribution < -0.4 is 4.74 Å². The van der Waals surface area contributed by atoms with Crippen molar-refractivity contribution >= 4 is 16.8 Å². The van der Waals surface area contributed by atoms with E-state index in [9.17, 15) is 4.79 Å². The lowest BCUT2D eigenvalue weighted by Gasteiger charge is -2.08. The maximum absolute atomic E-state index is 12.8. The van der Waals surface area contributed by atoms with Crippen LogP contribution in [0.1, 0.15) is 54.0 Å². The maximum atomic E-state index is 12.8. The SMILES string of the molecule is CCCc1cc(Oc2ccc3c(ccn3C(=O)Cc3cc(C4CC4)n[nH]3)c2)ccn1.